The fourth-order valence-corrected chi connectivity index (χ4v) is 2.20. The fourth-order valence-electron chi connectivity index (χ4n) is 2.20. The Labute approximate surface area is 107 Å². The van der Waals surface area contributed by atoms with Crippen LogP contribution < -0.4 is 5.32 Å². The number of nitrogens with one attached hydrogen (secondary N) is 1. The zero-order chi connectivity index (χ0) is 12.7. The van der Waals surface area contributed by atoms with Crippen molar-refractivity contribution >= 4 is 0 Å². The largest absolute Gasteiger partial charge is 0.374 e. The van der Waals surface area contributed by atoms with Gasteiger partial charge in [0.25, 0.3) is 0 Å². The van der Waals surface area contributed by atoms with Crippen LogP contribution in [0.1, 0.15) is 40.5 Å². The van der Waals surface area contributed by atoms with Crippen LogP contribution in [0.25, 0.3) is 0 Å². The van der Waals surface area contributed by atoms with Gasteiger partial charge in [-0.2, -0.15) is 0 Å². The average molecular weight is 242 g/mol. The maximum absolute atomic E-state index is 5.75. The van der Waals surface area contributed by atoms with Gasteiger partial charge in [-0.05, 0) is 31.3 Å². The molecule has 0 spiro atoms. The van der Waals surface area contributed by atoms with Crippen molar-refractivity contribution in [2.45, 2.75) is 46.6 Å². The summed E-state index contributed by atoms with van der Waals surface area (Å²) in [7, 11) is 0. The van der Waals surface area contributed by atoms with E-state index in [1.165, 1.54) is 12.8 Å². The number of rotatable bonds is 6. The lowest BCUT2D eigenvalue weighted by Crippen LogP contribution is -2.46. The highest BCUT2D eigenvalue weighted by molar-refractivity contribution is 4.72. The maximum Gasteiger partial charge on any atom is 0.0826 e. The molecule has 0 aromatic heterocycles. The predicted molar refractivity (Wildman–Crippen MR) is 73.4 cm³/mol. The minimum atomic E-state index is 0.387. The summed E-state index contributed by atoms with van der Waals surface area (Å²) in [6, 6.07) is 0. The van der Waals surface area contributed by atoms with Gasteiger partial charge in [0.15, 0.2) is 0 Å². The summed E-state index contributed by atoms with van der Waals surface area (Å²) in [4.78, 5) is 2.46. The molecule has 0 aliphatic carbocycles. The third-order valence-corrected chi connectivity index (χ3v) is 3.32. The molecule has 1 rings (SSSR count). The molecule has 0 aromatic rings. The summed E-state index contributed by atoms with van der Waals surface area (Å²) in [6.07, 6.45) is 2.93. The zero-order valence-corrected chi connectivity index (χ0v) is 12.1. The molecule has 102 valence electrons. The predicted octanol–water partition coefficient (Wildman–Crippen LogP) is 2.12. The highest BCUT2D eigenvalue weighted by atomic mass is 16.5. The average Bonchev–Trinajstić information content (AvgIpc) is 2.27. The van der Waals surface area contributed by atoms with E-state index in [1.54, 1.807) is 0 Å². The first-order valence-corrected chi connectivity index (χ1v) is 7.06. The number of nitrogens with zero attached hydrogens (tertiary/aromatic N) is 1. The Balaban J connectivity index is 2.02. The molecule has 3 heteroatoms. The second kappa shape index (κ2) is 7.34. The van der Waals surface area contributed by atoms with Gasteiger partial charge in [-0.25, -0.2) is 0 Å². The minimum absolute atomic E-state index is 0.387. The Morgan fingerprint density at radius 2 is 2.12 bits per heavy atom. The molecule has 1 fully saturated rings. The fraction of sp³-hybridized carbons (Fsp3) is 1.00. The first-order valence-electron chi connectivity index (χ1n) is 7.06. The zero-order valence-electron chi connectivity index (χ0n) is 12.1. The van der Waals surface area contributed by atoms with E-state index in [0.29, 0.717) is 11.5 Å². The van der Waals surface area contributed by atoms with E-state index in [-0.39, 0.29) is 0 Å². The highest BCUT2D eigenvalue weighted by Crippen LogP contribution is 2.19. The van der Waals surface area contributed by atoms with Gasteiger partial charge in [0.05, 0.1) is 12.7 Å². The minimum Gasteiger partial charge on any atom is -0.374 e. The summed E-state index contributed by atoms with van der Waals surface area (Å²) in [6.45, 7) is 15.5. The van der Waals surface area contributed by atoms with E-state index in [2.05, 4.69) is 37.9 Å². The van der Waals surface area contributed by atoms with Crippen molar-refractivity contribution in [3.8, 4) is 0 Å². The molecule has 0 bridgehead atoms. The molecule has 0 amide bonds. The monoisotopic (exact) mass is 242 g/mol. The number of hydrogen-bond donors (Lipinski definition) is 1. The van der Waals surface area contributed by atoms with E-state index in [0.717, 1.165) is 39.3 Å². The van der Waals surface area contributed by atoms with Gasteiger partial charge >= 0.3 is 0 Å². The lowest BCUT2D eigenvalue weighted by Gasteiger charge is -2.32. The van der Waals surface area contributed by atoms with Crippen molar-refractivity contribution < 1.29 is 4.74 Å². The molecule has 1 saturated heterocycles. The molecular weight excluding hydrogens is 212 g/mol. The Morgan fingerprint density at radius 1 is 1.35 bits per heavy atom. The van der Waals surface area contributed by atoms with Crippen molar-refractivity contribution in [2.24, 2.45) is 5.41 Å². The van der Waals surface area contributed by atoms with E-state index in [1.807, 2.05) is 0 Å². The molecule has 1 atom stereocenters. The van der Waals surface area contributed by atoms with Gasteiger partial charge < -0.3 is 10.1 Å². The van der Waals surface area contributed by atoms with Crippen LogP contribution in [0.2, 0.25) is 0 Å². The highest BCUT2D eigenvalue weighted by Gasteiger charge is 2.18. The molecule has 17 heavy (non-hydrogen) atoms. The molecule has 1 aliphatic rings. The molecule has 0 saturated carbocycles. The van der Waals surface area contributed by atoms with Crippen LogP contribution in [-0.4, -0.2) is 50.3 Å². The van der Waals surface area contributed by atoms with E-state index in [9.17, 15) is 0 Å². The van der Waals surface area contributed by atoms with Gasteiger partial charge in [0.1, 0.15) is 0 Å². The van der Waals surface area contributed by atoms with Crippen molar-refractivity contribution in [1.82, 2.24) is 10.2 Å². The standard InChI is InChI=1S/C14H30N2O/c1-5-16-9-10-17-13(12-16)11-15-8-6-7-14(2,3)4/h13,15H,5-12H2,1-4H3. The summed E-state index contributed by atoms with van der Waals surface area (Å²) in [5.41, 5.74) is 0.460. The molecule has 0 aromatic carbocycles. The van der Waals surface area contributed by atoms with Crippen molar-refractivity contribution in [3.05, 3.63) is 0 Å². The number of likely N-dealkylation sites (N-methyl/N-ethyl adjacent to an activating group) is 1. The normalized spacial score (nSPS) is 22.9. The Kier molecular flexibility index (Phi) is 6.45. The third-order valence-electron chi connectivity index (χ3n) is 3.32. The quantitative estimate of drug-likeness (QED) is 0.722. The topological polar surface area (TPSA) is 24.5 Å². The van der Waals surface area contributed by atoms with Crippen molar-refractivity contribution in [3.63, 3.8) is 0 Å². The Morgan fingerprint density at radius 3 is 2.76 bits per heavy atom. The van der Waals surface area contributed by atoms with Crippen LogP contribution in [-0.2, 0) is 4.74 Å². The molecule has 1 N–H and O–H groups in total. The van der Waals surface area contributed by atoms with E-state index >= 15 is 0 Å². The van der Waals surface area contributed by atoms with E-state index < -0.39 is 0 Å². The second-order valence-electron chi connectivity index (χ2n) is 6.25. The number of morpholine rings is 1. The Bertz CT molecular complexity index is 201. The van der Waals surface area contributed by atoms with Gasteiger partial charge in [0.2, 0.25) is 0 Å². The first-order chi connectivity index (χ1) is 8.01. The van der Waals surface area contributed by atoms with Crippen LogP contribution in [0, 0.1) is 5.41 Å². The van der Waals surface area contributed by atoms with E-state index in [4.69, 9.17) is 4.74 Å². The van der Waals surface area contributed by atoms with Crippen molar-refractivity contribution in [2.75, 3.05) is 39.3 Å². The SMILES string of the molecule is CCN1CCOC(CNCCCC(C)(C)C)C1. The van der Waals surface area contributed by atoms with Gasteiger partial charge in [-0.3, -0.25) is 4.90 Å². The van der Waals surface area contributed by atoms with Crippen LogP contribution in [0.4, 0.5) is 0 Å². The maximum atomic E-state index is 5.75. The molecule has 1 unspecified atom stereocenters. The summed E-state index contributed by atoms with van der Waals surface area (Å²) < 4.78 is 5.75. The summed E-state index contributed by atoms with van der Waals surface area (Å²) in [5.74, 6) is 0. The second-order valence-corrected chi connectivity index (χ2v) is 6.25. The molecule has 1 heterocycles. The lowest BCUT2D eigenvalue weighted by molar-refractivity contribution is -0.0252. The molecule has 3 nitrogen and oxygen atoms in total. The molecular formula is C14H30N2O. The summed E-state index contributed by atoms with van der Waals surface area (Å²) in [5, 5.41) is 3.52. The summed E-state index contributed by atoms with van der Waals surface area (Å²) >= 11 is 0. The van der Waals surface area contributed by atoms with Crippen LogP contribution >= 0.6 is 0 Å². The molecule has 1 aliphatic heterocycles. The molecule has 0 radical (unpaired) electrons. The van der Waals surface area contributed by atoms with Gasteiger partial charge in [-0.1, -0.05) is 27.7 Å². The van der Waals surface area contributed by atoms with Crippen LogP contribution in [0.3, 0.4) is 0 Å². The smallest absolute Gasteiger partial charge is 0.0826 e. The number of hydrogen-bond acceptors (Lipinski definition) is 3. The third kappa shape index (κ3) is 7.02. The van der Waals surface area contributed by atoms with Gasteiger partial charge in [-0.15, -0.1) is 0 Å². The van der Waals surface area contributed by atoms with Crippen LogP contribution in [0.15, 0.2) is 0 Å². The van der Waals surface area contributed by atoms with Crippen molar-refractivity contribution in [1.29, 1.82) is 0 Å². The number of ether oxygens (including phenoxy) is 1. The first kappa shape index (κ1) is 14.9. The Hall–Kier alpha value is -0.120. The van der Waals surface area contributed by atoms with Gasteiger partial charge in [0, 0.05) is 19.6 Å². The lowest BCUT2D eigenvalue weighted by atomic mass is 9.91. The van der Waals surface area contributed by atoms with Crippen LogP contribution in [0.5, 0.6) is 0 Å².